The van der Waals surface area contributed by atoms with E-state index in [1.807, 2.05) is 12.3 Å². The Morgan fingerprint density at radius 3 is 2.88 bits per heavy atom. The summed E-state index contributed by atoms with van der Waals surface area (Å²) in [5.41, 5.74) is 2.03. The minimum Gasteiger partial charge on any atom is -0.365 e. The highest BCUT2D eigenvalue weighted by Crippen LogP contribution is 2.20. The molecule has 0 bridgehead atoms. The lowest BCUT2D eigenvalue weighted by Gasteiger charge is -2.36. The first kappa shape index (κ1) is 12.2. The van der Waals surface area contributed by atoms with Crippen LogP contribution in [0.5, 0.6) is 0 Å². The van der Waals surface area contributed by atoms with Gasteiger partial charge in [0.25, 0.3) is 5.56 Å². The van der Waals surface area contributed by atoms with Crippen molar-refractivity contribution in [1.82, 2.24) is 10.3 Å². The lowest BCUT2D eigenvalue weighted by Crippen LogP contribution is -2.50. The van der Waals surface area contributed by atoms with Gasteiger partial charge >= 0.3 is 0 Å². The van der Waals surface area contributed by atoms with E-state index in [4.69, 9.17) is 0 Å². The van der Waals surface area contributed by atoms with E-state index in [-0.39, 0.29) is 11.5 Å². The van der Waals surface area contributed by atoms with E-state index in [9.17, 15) is 4.79 Å². The maximum atomic E-state index is 11.7. The summed E-state index contributed by atoms with van der Waals surface area (Å²) >= 11 is 0. The van der Waals surface area contributed by atoms with Crippen LogP contribution in [0.1, 0.15) is 32.3 Å². The third-order valence-corrected chi connectivity index (χ3v) is 3.37. The minimum absolute atomic E-state index is 0.0338. The van der Waals surface area contributed by atoms with E-state index in [1.54, 1.807) is 0 Å². The van der Waals surface area contributed by atoms with Crippen molar-refractivity contribution in [2.45, 2.75) is 32.7 Å². The highest BCUT2D eigenvalue weighted by atomic mass is 16.1. The molecule has 1 saturated heterocycles. The first-order valence-electron chi connectivity index (χ1n) is 6.29. The average molecular weight is 235 g/mol. The lowest BCUT2D eigenvalue weighted by molar-refractivity contribution is 0.500. The molecule has 0 aromatic carbocycles. The van der Waals surface area contributed by atoms with Crippen molar-refractivity contribution in [3.8, 4) is 0 Å². The monoisotopic (exact) mass is 235 g/mol. The number of anilines is 1. The number of hydrogen-bond donors (Lipinski definition) is 2. The number of nitrogens with zero attached hydrogens (tertiary/aromatic N) is 1. The fourth-order valence-corrected chi connectivity index (χ4v) is 2.31. The van der Waals surface area contributed by atoms with Gasteiger partial charge in [0, 0.05) is 37.4 Å². The molecular weight excluding hydrogens is 214 g/mol. The molecular formula is C13H21N3O. The number of hydrogen-bond acceptors (Lipinski definition) is 3. The van der Waals surface area contributed by atoms with Crippen LogP contribution in [0.25, 0.3) is 0 Å². The van der Waals surface area contributed by atoms with Crippen molar-refractivity contribution >= 4 is 5.69 Å². The van der Waals surface area contributed by atoms with Crippen LogP contribution < -0.4 is 15.8 Å². The largest absolute Gasteiger partial charge is 0.365 e. The molecule has 1 aliphatic heterocycles. The third-order valence-electron chi connectivity index (χ3n) is 3.37. The third kappa shape index (κ3) is 2.52. The molecule has 4 heteroatoms. The van der Waals surface area contributed by atoms with Crippen molar-refractivity contribution in [1.29, 1.82) is 0 Å². The SMILES string of the molecule is CC(C)c1cc(N2CCNCC2C)c[nH]c1=O. The topological polar surface area (TPSA) is 48.1 Å². The average Bonchev–Trinajstić information content (AvgIpc) is 2.30. The predicted octanol–water partition coefficient (Wildman–Crippen LogP) is 1.30. The zero-order chi connectivity index (χ0) is 12.4. The van der Waals surface area contributed by atoms with Crippen molar-refractivity contribution < 1.29 is 0 Å². The first-order chi connectivity index (χ1) is 8.09. The van der Waals surface area contributed by atoms with Crippen LogP contribution in [0, 0.1) is 0 Å². The van der Waals surface area contributed by atoms with Crippen LogP contribution in [0.2, 0.25) is 0 Å². The Balaban J connectivity index is 2.32. The second-order valence-corrected chi connectivity index (χ2v) is 5.04. The quantitative estimate of drug-likeness (QED) is 0.812. The van der Waals surface area contributed by atoms with Gasteiger partial charge in [-0.25, -0.2) is 0 Å². The molecule has 0 radical (unpaired) electrons. The molecule has 1 aliphatic rings. The Hall–Kier alpha value is -1.29. The molecule has 0 saturated carbocycles. The Morgan fingerprint density at radius 1 is 1.47 bits per heavy atom. The van der Waals surface area contributed by atoms with Crippen molar-refractivity contribution in [2.75, 3.05) is 24.5 Å². The second-order valence-electron chi connectivity index (χ2n) is 5.04. The number of pyridine rings is 1. The second kappa shape index (κ2) is 4.92. The molecule has 94 valence electrons. The molecule has 1 aromatic rings. The molecule has 1 unspecified atom stereocenters. The predicted molar refractivity (Wildman–Crippen MR) is 70.8 cm³/mol. The van der Waals surface area contributed by atoms with Gasteiger partial charge in [-0.3, -0.25) is 4.79 Å². The van der Waals surface area contributed by atoms with E-state index in [0.717, 1.165) is 30.9 Å². The van der Waals surface area contributed by atoms with Gasteiger partial charge in [-0.15, -0.1) is 0 Å². The molecule has 1 aromatic heterocycles. The van der Waals surface area contributed by atoms with E-state index in [0.29, 0.717) is 6.04 Å². The van der Waals surface area contributed by atoms with Crippen molar-refractivity contribution in [3.05, 3.63) is 28.2 Å². The summed E-state index contributed by atoms with van der Waals surface area (Å²) in [6, 6.07) is 2.50. The molecule has 2 N–H and O–H groups in total. The molecule has 2 heterocycles. The summed E-state index contributed by atoms with van der Waals surface area (Å²) in [6.45, 7) is 9.29. The van der Waals surface area contributed by atoms with Gasteiger partial charge in [-0.2, -0.15) is 0 Å². The number of nitrogens with one attached hydrogen (secondary N) is 2. The number of aromatic amines is 1. The first-order valence-corrected chi connectivity index (χ1v) is 6.29. The van der Waals surface area contributed by atoms with Crippen molar-refractivity contribution in [2.24, 2.45) is 0 Å². The molecule has 1 atom stereocenters. The van der Waals surface area contributed by atoms with Crippen LogP contribution in [0.3, 0.4) is 0 Å². The summed E-state index contributed by atoms with van der Waals surface area (Å²) in [7, 11) is 0. The van der Waals surface area contributed by atoms with Crippen LogP contribution in [0.4, 0.5) is 5.69 Å². The Morgan fingerprint density at radius 2 is 2.24 bits per heavy atom. The standard InChI is InChI=1S/C13H21N3O/c1-9(2)12-6-11(8-15-13(12)17)16-5-4-14-7-10(16)3/h6,8-10,14H,4-5,7H2,1-3H3,(H,15,17). The highest BCUT2D eigenvalue weighted by molar-refractivity contribution is 5.48. The maximum Gasteiger partial charge on any atom is 0.251 e. The van der Waals surface area contributed by atoms with E-state index in [2.05, 4.69) is 36.0 Å². The van der Waals surface area contributed by atoms with Gasteiger partial charge in [0.05, 0.1) is 5.69 Å². The van der Waals surface area contributed by atoms with Gasteiger partial charge < -0.3 is 15.2 Å². The molecule has 4 nitrogen and oxygen atoms in total. The Bertz CT molecular complexity index is 439. The van der Waals surface area contributed by atoms with E-state index >= 15 is 0 Å². The van der Waals surface area contributed by atoms with Gasteiger partial charge in [0.2, 0.25) is 0 Å². The van der Waals surface area contributed by atoms with E-state index in [1.165, 1.54) is 0 Å². The summed E-state index contributed by atoms with van der Waals surface area (Å²) in [6.07, 6.45) is 1.83. The Labute approximate surface area is 102 Å². The Kier molecular flexibility index (Phi) is 3.52. The minimum atomic E-state index is 0.0338. The van der Waals surface area contributed by atoms with Crippen molar-refractivity contribution in [3.63, 3.8) is 0 Å². The zero-order valence-electron chi connectivity index (χ0n) is 10.8. The van der Waals surface area contributed by atoms with Gasteiger partial charge in [-0.05, 0) is 18.9 Å². The maximum absolute atomic E-state index is 11.7. The number of H-pyrrole nitrogens is 1. The van der Waals surface area contributed by atoms with Gasteiger partial charge in [0.15, 0.2) is 0 Å². The highest BCUT2D eigenvalue weighted by Gasteiger charge is 2.19. The van der Waals surface area contributed by atoms with Gasteiger partial charge in [-0.1, -0.05) is 13.8 Å². The number of rotatable bonds is 2. The fourth-order valence-electron chi connectivity index (χ4n) is 2.31. The molecule has 17 heavy (non-hydrogen) atoms. The zero-order valence-corrected chi connectivity index (χ0v) is 10.8. The van der Waals surface area contributed by atoms with E-state index < -0.39 is 0 Å². The fraction of sp³-hybridized carbons (Fsp3) is 0.615. The number of aromatic nitrogens is 1. The van der Waals surface area contributed by atoms with Crippen LogP contribution >= 0.6 is 0 Å². The summed E-state index contributed by atoms with van der Waals surface area (Å²) in [4.78, 5) is 16.9. The summed E-state index contributed by atoms with van der Waals surface area (Å²) in [5.74, 6) is 0.261. The molecule has 0 amide bonds. The lowest BCUT2D eigenvalue weighted by atomic mass is 10.0. The summed E-state index contributed by atoms with van der Waals surface area (Å²) in [5, 5.41) is 3.37. The van der Waals surface area contributed by atoms with Crippen LogP contribution in [0.15, 0.2) is 17.1 Å². The molecule has 1 fully saturated rings. The van der Waals surface area contributed by atoms with Crippen LogP contribution in [-0.2, 0) is 0 Å². The number of piperazine rings is 1. The molecule has 0 spiro atoms. The molecule has 0 aliphatic carbocycles. The summed E-state index contributed by atoms with van der Waals surface area (Å²) < 4.78 is 0. The smallest absolute Gasteiger partial charge is 0.251 e. The van der Waals surface area contributed by atoms with Crippen LogP contribution in [-0.4, -0.2) is 30.7 Å². The molecule has 2 rings (SSSR count). The van der Waals surface area contributed by atoms with Gasteiger partial charge in [0.1, 0.15) is 0 Å². The normalized spacial score (nSPS) is 20.9.